The highest BCUT2D eigenvalue weighted by Crippen LogP contribution is 2.25. The van der Waals surface area contributed by atoms with Crippen LogP contribution < -0.4 is 10.1 Å². The van der Waals surface area contributed by atoms with Gasteiger partial charge in [0, 0.05) is 24.2 Å². The van der Waals surface area contributed by atoms with Crippen molar-refractivity contribution in [2.24, 2.45) is 5.16 Å². The van der Waals surface area contributed by atoms with Crippen molar-refractivity contribution in [2.45, 2.75) is 26.0 Å². The van der Waals surface area contributed by atoms with E-state index in [4.69, 9.17) is 9.57 Å². The van der Waals surface area contributed by atoms with Crippen LogP contribution in [0, 0.1) is 6.92 Å². The second-order valence-electron chi connectivity index (χ2n) is 6.85. The van der Waals surface area contributed by atoms with E-state index >= 15 is 0 Å². The molecule has 0 bridgehead atoms. The molecule has 2 aromatic carbocycles. The van der Waals surface area contributed by atoms with Gasteiger partial charge in [0.2, 0.25) is 6.10 Å². The number of anilines is 1. The Morgan fingerprint density at radius 3 is 2.83 bits per heavy atom. The number of ether oxygens (including phenoxy) is 1. The SMILES string of the molecule is COc1ccccc1C1=NOC(C(=O)Nc2ccn(Cc3ccccc3C)n2)C1. The fourth-order valence-corrected chi connectivity index (χ4v) is 3.25. The first-order valence-corrected chi connectivity index (χ1v) is 9.39. The Morgan fingerprint density at radius 1 is 1.21 bits per heavy atom. The molecule has 1 aliphatic heterocycles. The second-order valence-corrected chi connectivity index (χ2v) is 6.85. The highest BCUT2D eigenvalue weighted by atomic mass is 16.6. The van der Waals surface area contributed by atoms with Gasteiger partial charge >= 0.3 is 0 Å². The maximum absolute atomic E-state index is 12.6. The van der Waals surface area contributed by atoms with E-state index in [1.165, 1.54) is 11.1 Å². The molecule has 148 valence electrons. The molecule has 3 aromatic rings. The van der Waals surface area contributed by atoms with Crippen LogP contribution in [0.4, 0.5) is 5.82 Å². The summed E-state index contributed by atoms with van der Waals surface area (Å²) < 4.78 is 7.16. The fraction of sp³-hybridized carbons (Fsp3) is 0.227. The Kier molecular flexibility index (Phi) is 5.29. The first-order chi connectivity index (χ1) is 14.1. The molecule has 2 heterocycles. The van der Waals surface area contributed by atoms with Gasteiger partial charge in [0.1, 0.15) is 5.75 Å². The summed E-state index contributed by atoms with van der Waals surface area (Å²) in [6.45, 7) is 2.71. The normalized spacial score (nSPS) is 15.5. The van der Waals surface area contributed by atoms with Crippen LogP contribution >= 0.6 is 0 Å². The van der Waals surface area contributed by atoms with Crippen molar-refractivity contribution >= 4 is 17.4 Å². The predicted molar refractivity (Wildman–Crippen MR) is 110 cm³/mol. The molecular formula is C22H22N4O3. The Hall–Kier alpha value is -3.61. The molecule has 1 N–H and O–H groups in total. The van der Waals surface area contributed by atoms with E-state index < -0.39 is 6.10 Å². The molecule has 0 spiro atoms. The topological polar surface area (TPSA) is 77.7 Å². The van der Waals surface area contributed by atoms with Crippen LogP contribution in [0.2, 0.25) is 0 Å². The van der Waals surface area contributed by atoms with Gasteiger partial charge in [-0.2, -0.15) is 5.10 Å². The molecule has 1 aromatic heterocycles. The van der Waals surface area contributed by atoms with Gasteiger partial charge in [-0.25, -0.2) is 0 Å². The summed E-state index contributed by atoms with van der Waals surface area (Å²) in [6.07, 6.45) is 1.51. The van der Waals surface area contributed by atoms with Crippen molar-refractivity contribution in [3.8, 4) is 5.75 Å². The molecule has 1 atom stereocenters. The van der Waals surface area contributed by atoms with Gasteiger partial charge in [0.15, 0.2) is 5.82 Å². The number of carbonyl (C=O) groups excluding carboxylic acids is 1. The molecule has 0 aliphatic carbocycles. The summed E-state index contributed by atoms with van der Waals surface area (Å²) in [5.41, 5.74) is 3.90. The Morgan fingerprint density at radius 2 is 2.00 bits per heavy atom. The van der Waals surface area contributed by atoms with E-state index in [1.54, 1.807) is 17.9 Å². The fourth-order valence-electron chi connectivity index (χ4n) is 3.25. The summed E-state index contributed by atoms with van der Waals surface area (Å²) in [5.74, 6) is 0.906. The molecule has 0 radical (unpaired) electrons. The maximum atomic E-state index is 12.6. The van der Waals surface area contributed by atoms with Crippen LogP contribution in [0.25, 0.3) is 0 Å². The third kappa shape index (κ3) is 4.13. The van der Waals surface area contributed by atoms with Crippen molar-refractivity contribution in [1.29, 1.82) is 0 Å². The molecule has 1 aliphatic rings. The Labute approximate surface area is 168 Å². The largest absolute Gasteiger partial charge is 0.496 e. The number of benzene rings is 2. The molecule has 0 saturated heterocycles. The van der Waals surface area contributed by atoms with Crippen LogP contribution in [0.3, 0.4) is 0 Å². The first-order valence-electron chi connectivity index (χ1n) is 9.39. The van der Waals surface area contributed by atoms with E-state index in [0.717, 1.165) is 5.56 Å². The smallest absolute Gasteiger partial charge is 0.269 e. The summed E-state index contributed by atoms with van der Waals surface area (Å²) in [5, 5.41) is 11.3. The summed E-state index contributed by atoms with van der Waals surface area (Å²) >= 11 is 0. The number of hydrogen-bond acceptors (Lipinski definition) is 5. The van der Waals surface area contributed by atoms with Crippen LogP contribution in [0.15, 0.2) is 65.9 Å². The monoisotopic (exact) mass is 390 g/mol. The second kappa shape index (κ2) is 8.18. The number of methoxy groups -OCH3 is 1. The van der Waals surface area contributed by atoms with Gasteiger partial charge < -0.3 is 14.9 Å². The van der Waals surface area contributed by atoms with Gasteiger partial charge in [-0.3, -0.25) is 9.48 Å². The lowest BCUT2D eigenvalue weighted by molar-refractivity contribution is -0.125. The van der Waals surface area contributed by atoms with Gasteiger partial charge in [0.25, 0.3) is 5.91 Å². The number of oxime groups is 1. The zero-order chi connectivity index (χ0) is 20.2. The molecule has 4 rings (SSSR count). The van der Waals surface area contributed by atoms with E-state index in [-0.39, 0.29) is 5.91 Å². The van der Waals surface area contributed by atoms with Gasteiger partial charge in [-0.05, 0) is 30.2 Å². The van der Waals surface area contributed by atoms with Gasteiger partial charge in [-0.1, -0.05) is 41.6 Å². The third-order valence-electron chi connectivity index (χ3n) is 4.86. The van der Waals surface area contributed by atoms with E-state index in [9.17, 15) is 4.79 Å². The Balaban J connectivity index is 1.37. The van der Waals surface area contributed by atoms with Crippen LogP contribution in [-0.2, 0) is 16.2 Å². The highest BCUT2D eigenvalue weighted by molar-refractivity contribution is 6.07. The van der Waals surface area contributed by atoms with Crippen molar-refractivity contribution in [3.63, 3.8) is 0 Å². The molecule has 1 unspecified atom stereocenters. The number of hydrogen-bond donors (Lipinski definition) is 1. The minimum Gasteiger partial charge on any atom is -0.496 e. The lowest BCUT2D eigenvalue weighted by Gasteiger charge is -2.09. The van der Waals surface area contributed by atoms with Gasteiger partial charge in [-0.15, -0.1) is 0 Å². The quantitative estimate of drug-likeness (QED) is 0.700. The molecular weight excluding hydrogens is 368 g/mol. The van der Waals surface area contributed by atoms with Crippen LogP contribution in [0.5, 0.6) is 5.75 Å². The average Bonchev–Trinajstić information content (AvgIpc) is 3.39. The van der Waals surface area contributed by atoms with Crippen molar-refractivity contribution < 1.29 is 14.4 Å². The highest BCUT2D eigenvalue weighted by Gasteiger charge is 2.30. The van der Waals surface area contributed by atoms with Gasteiger partial charge in [0.05, 0.1) is 19.4 Å². The number of nitrogens with one attached hydrogen (secondary N) is 1. The number of carbonyl (C=O) groups is 1. The summed E-state index contributed by atoms with van der Waals surface area (Å²) in [6, 6.07) is 17.5. The zero-order valence-electron chi connectivity index (χ0n) is 16.3. The first kappa shape index (κ1) is 18.7. The van der Waals surface area contributed by atoms with Crippen molar-refractivity contribution in [2.75, 3.05) is 12.4 Å². The lowest BCUT2D eigenvalue weighted by Crippen LogP contribution is -2.28. The number of para-hydroxylation sites is 1. The average molecular weight is 390 g/mol. The lowest BCUT2D eigenvalue weighted by atomic mass is 10.0. The van der Waals surface area contributed by atoms with Crippen LogP contribution in [-0.4, -0.2) is 34.6 Å². The van der Waals surface area contributed by atoms with Crippen molar-refractivity contribution in [1.82, 2.24) is 9.78 Å². The standard InChI is InChI=1S/C22H22N4O3/c1-15-7-3-4-8-16(15)14-26-12-11-21(24-26)23-22(27)20-13-18(25-29-20)17-9-5-6-10-19(17)28-2/h3-12,20H,13-14H2,1-2H3,(H,23,24,27). The summed E-state index contributed by atoms with van der Waals surface area (Å²) in [7, 11) is 1.60. The molecule has 0 saturated carbocycles. The minimum absolute atomic E-state index is 0.278. The van der Waals surface area contributed by atoms with E-state index in [1.807, 2.05) is 42.6 Å². The Bertz CT molecular complexity index is 1060. The molecule has 29 heavy (non-hydrogen) atoms. The van der Waals surface area contributed by atoms with E-state index in [2.05, 4.69) is 34.6 Å². The predicted octanol–water partition coefficient (Wildman–Crippen LogP) is 3.38. The molecule has 0 fully saturated rings. The molecule has 7 nitrogen and oxygen atoms in total. The number of amides is 1. The minimum atomic E-state index is -0.698. The van der Waals surface area contributed by atoms with Crippen molar-refractivity contribution in [3.05, 3.63) is 77.5 Å². The number of aryl methyl sites for hydroxylation is 1. The number of aromatic nitrogens is 2. The summed E-state index contributed by atoms with van der Waals surface area (Å²) in [4.78, 5) is 17.9. The molecule has 7 heteroatoms. The van der Waals surface area contributed by atoms with E-state index in [0.29, 0.717) is 30.2 Å². The third-order valence-corrected chi connectivity index (χ3v) is 4.86. The molecule has 1 amide bonds. The zero-order valence-corrected chi connectivity index (χ0v) is 16.3. The van der Waals surface area contributed by atoms with Crippen LogP contribution in [0.1, 0.15) is 23.1 Å². The maximum Gasteiger partial charge on any atom is 0.269 e. The number of rotatable bonds is 6. The number of nitrogens with zero attached hydrogens (tertiary/aromatic N) is 3.